The van der Waals surface area contributed by atoms with Gasteiger partial charge < -0.3 is 92.1 Å². The van der Waals surface area contributed by atoms with E-state index in [1.165, 1.54) is 6.08 Å². The quantitative estimate of drug-likeness (QED) is 0.0438. The van der Waals surface area contributed by atoms with Crippen molar-refractivity contribution in [2.45, 2.75) is 274 Å². The number of hydrogen-bond donors (Lipinski definition) is 15. The Hall–Kier alpha value is -2.38. The van der Waals surface area contributed by atoms with Gasteiger partial charge in [-0.05, 0) is 134 Å². The summed E-state index contributed by atoms with van der Waals surface area (Å²) in [5, 5.41) is 141. The maximum Gasteiger partial charge on any atom is 0.311 e. The molecule has 2 aliphatic rings. The first kappa shape index (κ1) is 68.7. The van der Waals surface area contributed by atoms with Gasteiger partial charge in [0.2, 0.25) is 0 Å². The third kappa shape index (κ3) is 26.4. The lowest BCUT2D eigenvalue weighted by Crippen LogP contribution is -2.42. The van der Waals surface area contributed by atoms with Crippen LogP contribution in [0, 0.1) is 23.7 Å². The standard InChI is InChI=1S/C55H103N3O17/c1-7-8-19-43-49(69)33(3)22-23-38(61)17-11-16-37(60)18-12-20-44(66)34(4)26-47(73-54-51(71)50(70)48(31-59)74-54)46(68)30-42(65)29-41(64)28-40(63)27-39(62)15-10-9-14-32(2)25-35(5)52(75-53(43)72)36(6)45(67)21-13-24-58-55(56)57/h25-26,33,35-52,54,59-71H,7-24,27-31H2,1-6H3,(H4,56,57,58)/t33?,35?,36?,37?,38?,39?,40?,41?,42?,43?,44?,45?,46?,47?,48-,49?,50+,51+,52?,54+/m1/s1. The van der Waals surface area contributed by atoms with Crippen LogP contribution in [0.4, 0.5) is 0 Å². The molecule has 0 bridgehead atoms. The number of esters is 1. The van der Waals surface area contributed by atoms with Crippen molar-refractivity contribution in [3.63, 3.8) is 0 Å². The average Bonchev–Trinajstić information content (AvgIpc) is 3.61. The predicted octanol–water partition coefficient (Wildman–Crippen LogP) is 2.25. The lowest BCUT2D eigenvalue weighted by atomic mass is 9.84. The number of carbonyl (C=O) groups is 1. The summed E-state index contributed by atoms with van der Waals surface area (Å²) in [5.74, 6) is -2.64. The number of nitrogens with zero attached hydrogens (tertiary/aromatic N) is 1. The summed E-state index contributed by atoms with van der Waals surface area (Å²) in [6.45, 7) is 10.9. The molecular formula is C55H103N3O17. The monoisotopic (exact) mass is 1080 g/mol. The molecule has 0 radical (unpaired) electrons. The number of aliphatic imine (C=N–C) groups is 1. The van der Waals surface area contributed by atoms with Crippen LogP contribution in [-0.4, -0.2) is 189 Å². The normalized spacial score (nSPS) is 37.3. The Morgan fingerprint density at radius 3 is 1.92 bits per heavy atom. The van der Waals surface area contributed by atoms with E-state index in [4.69, 9.17) is 25.7 Å². The molecule has 2 rings (SSSR count). The molecule has 440 valence electrons. The zero-order valence-electron chi connectivity index (χ0n) is 46.0. The SMILES string of the molecule is CCCCC1C(=O)OC(C(C)C(O)CCCN=C(N)N)C(C)C=C(C)CCCCC(O)CC(O)CC(O)CC(O)CC(O)C(O[C@H]2O[C@H](CO)[C@H](O)[C@@H]2O)C=C(C)C(O)CCCC(O)CCCC(O)CCC(C)C1O. The van der Waals surface area contributed by atoms with Crippen molar-refractivity contribution in [1.82, 2.24) is 0 Å². The van der Waals surface area contributed by atoms with E-state index in [0.29, 0.717) is 108 Å². The highest BCUT2D eigenvalue weighted by atomic mass is 16.7. The molecule has 1 fully saturated rings. The van der Waals surface area contributed by atoms with Crippen molar-refractivity contribution >= 4 is 11.9 Å². The van der Waals surface area contributed by atoms with Crippen LogP contribution in [0.5, 0.6) is 0 Å². The molecule has 20 nitrogen and oxygen atoms in total. The summed E-state index contributed by atoms with van der Waals surface area (Å²) in [6, 6.07) is 0. The number of unbranched alkanes of at least 4 members (excludes halogenated alkanes) is 1. The van der Waals surface area contributed by atoms with Crippen molar-refractivity contribution in [3.8, 4) is 0 Å². The van der Waals surface area contributed by atoms with Crippen LogP contribution < -0.4 is 11.5 Å². The van der Waals surface area contributed by atoms with E-state index in [0.717, 1.165) is 12.0 Å². The molecule has 0 aromatic carbocycles. The smallest absolute Gasteiger partial charge is 0.311 e. The number of rotatable bonds is 12. The minimum atomic E-state index is -1.59. The molecular weight excluding hydrogens is 975 g/mol. The van der Waals surface area contributed by atoms with Gasteiger partial charge in [-0.25, -0.2) is 0 Å². The van der Waals surface area contributed by atoms with Gasteiger partial charge in [0.05, 0.1) is 73.6 Å². The van der Waals surface area contributed by atoms with Crippen LogP contribution in [0.1, 0.15) is 176 Å². The average molecular weight is 1080 g/mol. The van der Waals surface area contributed by atoms with Crippen molar-refractivity contribution in [1.29, 1.82) is 0 Å². The molecule has 16 unspecified atom stereocenters. The number of nitrogens with two attached hydrogens (primary N) is 2. The van der Waals surface area contributed by atoms with E-state index in [1.807, 2.05) is 40.7 Å². The topological polar surface area (TPSA) is 372 Å². The van der Waals surface area contributed by atoms with Crippen molar-refractivity contribution in [3.05, 3.63) is 23.3 Å². The Bertz CT molecular complexity index is 1640. The second-order valence-corrected chi connectivity index (χ2v) is 22.2. The summed E-state index contributed by atoms with van der Waals surface area (Å²) in [7, 11) is 0. The van der Waals surface area contributed by atoms with Crippen LogP contribution >= 0.6 is 0 Å². The van der Waals surface area contributed by atoms with Crippen molar-refractivity contribution in [2.24, 2.45) is 40.1 Å². The molecule has 1 saturated heterocycles. The third-order valence-electron chi connectivity index (χ3n) is 15.2. The molecule has 0 saturated carbocycles. The van der Waals surface area contributed by atoms with Gasteiger partial charge in [-0.2, -0.15) is 0 Å². The first-order valence-corrected chi connectivity index (χ1v) is 28.1. The molecule has 20 heteroatoms. The zero-order valence-corrected chi connectivity index (χ0v) is 46.0. The van der Waals surface area contributed by atoms with Crippen molar-refractivity contribution in [2.75, 3.05) is 13.2 Å². The summed E-state index contributed by atoms with van der Waals surface area (Å²) in [4.78, 5) is 18.2. The van der Waals surface area contributed by atoms with E-state index in [9.17, 15) is 71.2 Å². The number of aliphatic hydroxyl groups excluding tert-OH is 13. The fraction of sp³-hybridized carbons (Fsp3) is 0.891. The predicted molar refractivity (Wildman–Crippen MR) is 284 cm³/mol. The molecule has 0 aliphatic carbocycles. The Morgan fingerprint density at radius 2 is 1.32 bits per heavy atom. The molecule has 0 aromatic heterocycles. The Morgan fingerprint density at radius 1 is 0.733 bits per heavy atom. The summed E-state index contributed by atoms with van der Waals surface area (Å²) < 4.78 is 17.7. The lowest BCUT2D eigenvalue weighted by molar-refractivity contribution is -0.202. The number of ether oxygens (including phenoxy) is 3. The molecule has 75 heavy (non-hydrogen) atoms. The fourth-order valence-electron chi connectivity index (χ4n) is 10.3. The Kier molecular flexibility index (Phi) is 33.7. The largest absolute Gasteiger partial charge is 0.461 e. The van der Waals surface area contributed by atoms with Gasteiger partial charge >= 0.3 is 5.97 Å². The molecule has 2 heterocycles. The maximum atomic E-state index is 14.2. The number of carbonyl (C=O) groups excluding carboxylic acids is 1. The maximum absolute atomic E-state index is 14.2. The fourth-order valence-corrected chi connectivity index (χ4v) is 10.3. The van der Waals surface area contributed by atoms with Gasteiger partial charge in [-0.15, -0.1) is 0 Å². The van der Waals surface area contributed by atoms with Gasteiger partial charge in [0, 0.05) is 24.8 Å². The van der Waals surface area contributed by atoms with Crippen molar-refractivity contribution < 1.29 is 85.4 Å². The van der Waals surface area contributed by atoms with Gasteiger partial charge in [-0.3, -0.25) is 9.79 Å². The van der Waals surface area contributed by atoms with Crippen LogP contribution in [-0.2, 0) is 19.0 Å². The summed E-state index contributed by atoms with van der Waals surface area (Å²) in [6.07, 6.45) is -7.42. The van der Waals surface area contributed by atoms with Crippen LogP contribution in [0.15, 0.2) is 28.3 Å². The molecule has 0 aromatic rings. The number of aliphatic hydroxyl groups is 13. The molecule has 0 amide bonds. The van der Waals surface area contributed by atoms with Gasteiger partial charge in [0.1, 0.15) is 30.5 Å². The minimum absolute atomic E-state index is 0.0266. The number of hydrogen-bond acceptors (Lipinski definition) is 18. The summed E-state index contributed by atoms with van der Waals surface area (Å²) in [5.41, 5.74) is 12.4. The second kappa shape index (κ2) is 36.7. The number of guanidine groups is 1. The minimum Gasteiger partial charge on any atom is -0.461 e. The second-order valence-electron chi connectivity index (χ2n) is 22.2. The Balaban J connectivity index is 2.34. The highest BCUT2D eigenvalue weighted by molar-refractivity contribution is 5.75. The van der Waals surface area contributed by atoms with Gasteiger partial charge in [-0.1, -0.05) is 64.7 Å². The highest BCUT2D eigenvalue weighted by Crippen LogP contribution is 2.32. The van der Waals surface area contributed by atoms with Crippen LogP contribution in [0.3, 0.4) is 0 Å². The van der Waals surface area contributed by atoms with Gasteiger partial charge in [0.15, 0.2) is 12.2 Å². The number of allylic oxidation sites excluding steroid dienone is 1. The molecule has 20 atom stereocenters. The molecule has 2 aliphatic heterocycles. The molecule has 0 spiro atoms. The third-order valence-corrected chi connectivity index (χ3v) is 15.2. The van der Waals surface area contributed by atoms with E-state index in [2.05, 4.69) is 4.99 Å². The van der Waals surface area contributed by atoms with E-state index >= 15 is 0 Å². The number of cyclic esters (lactones) is 1. The van der Waals surface area contributed by atoms with Crippen LogP contribution in [0.25, 0.3) is 0 Å². The first-order chi connectivity index (χ1) is 35.4. The van der Waals surface area contributed by atoms with E-state index in [-0.39, 0.29) is 49.9 Å². The van der Waals surface area contributed by atoms with Gasteiger partial charge in [0.25, 0.3) is 0 Å². The highest BCUT2D eigenvalue weighted by Gasteiger charge is 2.45. The zero-order chi connectivity index (χ0) is 56.4. The van der Waals surface area contributed by atoms with Crippen LogP contribution in [0.2, 0.25) is 0 Å². The Labute approximate surface area is 446 Å². The molecule has 17 N–H and O–H groups in total. The first-order valence-electron chi connectivity index (χ1n) is 28.1. The van der Waals surface area contributed by atoms with E-state index < -0.39 is 122 Å². The lowest BCUT2D eigenvalue weighted by Gasteiger charge is -2.34. The summed E-state index contributed by atoms with van der Waals surface area (Å²) >= 11 is 0. The van der Waals surface area contributed by atoms with E-state index in [1.54, 1.807) is 6.92 Å².